The summed E-state index contributed by atoms with van der Waals surface area (Å²) in [4.78, 5) is 13.0. The second-order valence-electron chi connectivity index (χ2n) is 3.17. The molecule has 0 aromatic carbocycles. The van der Waals surface area contributed by atoms with Crippen molar-refractivity contribution in [2.24, 2.45) is 0 Å². The largest absolute Gasteiger partial charge is 0.468 e. The second kappa shape index (κ2) is 4.42. The molecule has 1 aliphatic heterocycles. The van der Waals surface area contributed by atoms with Crippen LogP contribution in [-0.4, -0.2) is 50.2 Å². The molecule has 4 heteroatoms. The van der Waals surface area contributed by atoms with E-state index in [1.54, 1.807) is 0 Å². The van der Waals surface area contributed by atoms with Crippen molar-refractivity contribution in [3.8, 4) is 0 Å². The molecule has 1 fully saturated rings. The SMILES string of the molecule is COC(=O)CN1CCNC(C)C1. The Balaban J connectivity index is 2.27. The Bertz CT molecular complexity index is 161. The lowest BCUT2D eigenvalue weighted by molar-refractivity contribution is -0.142. The molecule has 1 N–H and O–H groups in total. The number of esters is 1. The minimum atomic E-state index is -0.149. The van der Waals surface area contributed by atoms with Crippen LogP contribution in [0.4, 0.5) is 0 Å². The van der Waals surface area contributed by atoms with E-state index in [1.165, 1.54) is 7.11 Å². The summed E-state index contributed by atoms with van der Waals surface area (Å²) < 4.78 is 4.59. The molecule has 0 aromatic rings. The van der Waals surface area contributed by atoms with Gasteiger partial charge in [-0.25, -0.2) is 0 Å². The molecule has 70 valence electrons. The predicted octanol–water partition coefficient (Wildman–Crippen LogP) is -0.547. The van der Waals surface area contributed by atoms with Crippen molar-refractivity contribution in [3.05, 3.63) is 0 Å². The van der Waals surface area contributed by atoms with Gasteiger partial charge in [0.2, 0.25) is 0 Å². The van der Waals surface area contributed by atoms with E-state index in [1.807, 2.05) is 0 Å². The van der Waals surface area contributed by atoms with Crippen molar-refractivity contribution in [2.45, 2.75) is 13.0 Å². The molecule has 0 bridgehead atoms. The lowest BCUT2D eigenvalue weighted by atomic mass is 10.2. The molecular formula is C8H16N2O2. The molecule has 1 aliphatic rings. The fraction of sp³-hybridized carbons (Fsp3) is 0.875. The molecule has 1 atom stereocenters. The van der Waals surface area contributed by atoms with Gasteiger partial charge in [0.05, 0.1) is 13.7 Å². The van der Waals surface area contributed by atoms with Gasteiger partial charge in [-0.2, -0.15) is 0 Å². The van der Waals surface area contributed by atoms with E-state index in [-0.39, 0.29) is 5.97 Å². The molecule has 4 nitrogen and oxygen atoms in total. The number of piperazine rings is 1. The van der Waals surface area contributed by atoms with Crippen LogP contribution < -0.4 is 5.32 Å². The van der Waals surface area contributed by atoms with Crippen LogP contribution in [0, 0.1) is 0 Å². The van der Waals surface area contributed by atoms with E-state index in [2.05, 4.69) is 21.9 Å². The van der Waals surface area contributed by atoms with Gasteiger partial charge < -0.3 is 10.1 Å². The van der Waals surface area contributed by atoms with Gasteiger partial charge in [-0.1, -0.05) is 0 Å². The van der Waals surface area contributed by atoms with Crippen LogP contribution >= 0.6 is 0 Å². The lowest BCUT2D eigenvalue weighted by Gasteiger charge is -2.30. The van der Waals surface area contributed by atoms with Gasteiger partial charge in [0.1, 0.15) is 0 Å². The molecular weight excluding hydrogens is 156 g/mol. The Labute approximate surface area is 72.9 Å². The Morgan fingerprint density at radius 1 is 1.75 bits per heavy atom. The second-order valence-corrected chi connectivity index (χ2v) is 3.17. The summed E-state index contributed by atoms with van der Waals surface area (Å²) in [6.07, 6.45) is 0. The Kier molecular flexibility index (Phi) is 3.49. The topological polar surface area (TPSA) is 41.6 Å². The van der Waals surface area contributed by atoms with Crippen molar-refractivity contribution >= 4 is 5.97 Å². The molecule has 0 radical (unpaired) electrons. The van der Waals surface area contributed by atoms with Gasteiger partial charge in [0, 0.05) is 25.7 Å². The van der Waals surface area contributed by atoms with Crippen molar-refractivity contribution < 1.29 is 9.53 Å². The van der Waals surface area contributed by atoms with Crippen LogP contribution in [0.15, 0.2) is 0 Å². The van der Waals surface area contributed by atoms with Crippen LogP contribution in [0.25, 0.3) is 0 Å². The number of carbonyl (C=O) groups excluding carboxylic acids is 1. The average Bonchev–Trinajstić information content (AvgIpc) is 2.04. The van der Waals surface area contributed by atoms with E-state index >= 15 is 0 Å². The third-order valence-electron chi connectivity index (χ3n) is 2.03. The number of ether oxygens (including phenoxy) is 1. The highest BCUT2D eigenvalue weighted by Gasteiger charge is 2.17. The quantitative estimate of drug-likeness (QED) is 0.568. The first kappa shape index (κ1) is 9.48. The molecule has 12 heavy (non-hydrogen) atoms. The molecule has 0 aliphatic carbocycles. The van der Waals surface area contributed by atoms with Gasteiger partial charge in [-0.05, 0) is 6.92 Å². The average molecular weight is 172 g/mol. The number of methoxy groups -OCH3 is 1. The zero-order chi connectivity index (χ0) is 8.97. The number of nitrogens with zero attached hydrogens (tertiary/aromatic N) is 1. The third kappa shape index (κ3) is 2.79. The normalized spacial score (nSPS) is 25.3. The Morgan fingerprint density at radius 2 is 2.50 bits per heavy atom. The van der Waals surface area contributed by atoms with Crippen molar-refractivity contribution in [1.82, 2.24) is 10.2 Å². The van der Waals surface area contributed by atoms with E-state index in [0.717, 1.165) is 19.6 Å². The van der Waals surface area contributed by atoms with Crippen molar-refractivity contribution in [1.29, 1.82) is 0 Å². The van der Waals surface area contributed by atoms with Crippen LogP contribution in [-0.2, 0) is 9.53 Å². The van der Waals surface area contributed by atoms with E-state index in [0.29, 0.717) is 12.6 Å². The molecule has 0 spiro atoms. The minimum Gasteiger partial charge on any atom is -0.468 e. The third-order valence-corrected chi connectivity index (χ3v) is 2.03. The van der Waals surface area contributed by atoms with Crippen LogP contribution in [0.3, 0.4) is 0 Å². The van der Waals surface area contributed by atoms with Gasteiger partial charge in [-0.3, -0.25) is 9.69 Å². The summed E-state index contributed by atoms with van der Waals surface area (Å²) in [5.41, 5.74) is 0. The maximum atomic E-state index is 10.9. The number of carbonyl (C=O) groups is 1. The molecule has 0 amide bonds. The molecule has 1 heterocycles. The minimum absolute atomic E-state index is 0.149. The highest BCUT2D eigenvalue weighted by molar-refractivity contribution is 5.71. The van der Waals surface area contributed by atoms with E-state index in [4.69, 9.17) is 0 Å². The monoisotopic (exact) mass is 172 g/mol. The molecule has 0 aromatic heterocycles. The number of hydrogen-bond donors (Lipinski definition) is 1. The van der Waals surface area contributed by atoms with Gasteiger partial charge in [0.25, 0.3) is 0 Å². The fourth-order valence-electron chi connectivity index (χ4n) is 1.40. The standard InChI is InChI=1S/C8H16N2O2/c1-7-5-10(4-3-9-7)6-8(11)12-2/h7,9H,3-6H2,1-2H3. The van der Waals surface area contributed by atoms with E-state index < -0.39 is 0 Å². The summed E-state index contributed by atoms with van der Waals surface area (Å²) >= 11 is 0. The molecule has 1 rings (SSSR count). The van der Waals surface area contributed by atoms with Crippen LogP contribution in [0.5, 0.6) is 0 Å². The summed E-state index contributed by atoms with van der Waals surface area (Å²) in [6.45, 7) is 5.35. The fourth-order valence-corrected chi connectivity index (χ4v) is 1.40. The lowest BCUT2D eigenvalue weighted by Crippen LogP contribution is -2.50. The highest BCUT2D eigenvalue weighted by atomic mass is 16.5. The highest BCUT2D eigenvalue weighted by Crippen LogP contribution is 1.97. The smallest absolute Gasteiger partial charge is 0.319 e. The number of nitrogens with one attached hydrogen (secondary N) is 1. The number of hydrogen-bond acceptors (Lipinski definition) is 4. The first-order chi connectivity index (χ1) is 5.72. The van der Waals surface area contributed by atoms with Gasteiger partial charge in [-0.15, -0.1) is 0 Å². The van der Waals surface area contributed by atoms with Gasteiger partial charge >= 0.3 is 5.97 Å². The summed E-state index contributed by atoms with van der Waals surface area (Å²) in [7, 11) is 1.42. The number of rotatable bonds is 2. The van der Waals surface area contributed by atoms with Crippen LogP contribution in [0.2, 0.25) is 0 Å². The first-order valence-corrected chi connectivity index (χ1v) is 4.25. The zero-order valence-corrected chi connectivity index (χ0v) is 7.67. The predicted molar refractivity (Wildman–Crippen MR) is 45.9 cm³/mol. The molecule has 1 unspecified atom stereocenters. The molecule has 1 saturated heterocycles. The maximum absolute atomic E-state index is 10.9. The van der Waals surface area contributed by atoms with E-state index in [9.17, 15) is 4.79 Å². The first-order valence-electron chi connectivity index (χ1n) is 4.25. The van der Waals surface area contributed by atoms with Crippen molar-refractivity contribution in [2.75, 3.05) is 33.3 Å². The Morgan fingerprint density at radius 3 is 3.08 bits per heavy atom. The summed E-state index contributed by atoms with van der Waals surface area (Å²) in [6, 6.07) is 0.475. The van der Waals surface area contributed by atoms with Crippen molar-refractivity contribution in [3.63, 3.8) is 0 Å². The molecule has 0 saturated carbocycles. The summed E-state index contributed by atoms with van der Waals surface area (Å²) in [5.74, 6) is -0.149. The summed E-state index contributed by atoms with van der Waals surface area (Å²) in [5, 5.41) is 3.31. The zero-order valence-electron chi connectivity index (χ0n) is 7.67. The Hall–Kier alpha value is -0.610. The van der Waals surface area contributed by atoms with Gasteiger partial charge in [0.15, 0.2) is 0 Å². The van der Waals surface area contributed by atoms with Crippen LogP contribution in [0.1, 0.15) is 6.92 Å². The maximum Gasteiger partial charge on any atom is 0.319 e.